The molecule has 2 aromatic rings. The molecular weight excluding hydrogens is 427 g/mol. The average molecular weight is 455 g/mol. The lowest BCUT2D eigenvalue weighted by Gasteiger charge is -2.09. The first-order valence-electron chi connectivity index (χ1n) is 10.2. The number of halogens is 3. The smallest absolute Gasteiger partial charge is 0.490 e. The van der Waals surface area contributed by atoms with E-state index >= 15 is 0 Å². The third kappa shape index (κ3) is 13.3. The molecule has 0 radical (unpaired) electrons. The maximum absolute atomic E-state index is 10.6. The highest BCUT2D eigenvalue weighted by atomic mass is 19.4. The van der Waals surface area contributed by atoms with Crippen LogP contribution in [0.2, 0.25) is 0 Å². The van der Waals surface area contributed by atoms with Gasteiger partial charge in [-0.2, -0.15) is 13.2 Å². The second-order valence-electron chi connectivity index (χ2n) is 6.89. The Morgan fingerprint density at radius 1 is 0.875 bits per heavy atom. The highest BCUT2D eigenvalue weighted by Crippen LogP contribution is 2.15. The highest BCUT2D eigenvalue weighted by Gasteiger charge is 2.38. The van der Waals surface area contributed by atoms with Crippen LogP contribution < -0.4 is 10.1 Å². The Bertz CT molecular complexity index is 813. The Kier molecular flexibility index (Phi) is 12.5. The molecule has 2 aromatic carbocycles. The van der Waals surface area contributed by atoms with Crippen LogP contribution in [0.25, 0.3) is 0 Å². The van der Waals surface area contributed by atoms with Crippen molar-refractivity contribution in [2.24, 2.45) is 0 Å². The van der Waals surface area contributed by atoms with E-state index in [1.807, 2.05) is 18.2 Å². The Morgan fingerprint density at radius 3 is 2.16 bits per heavy atom. The fourth-order valence-corrected chi connectivity index (χ4v) is 2.61. The minimum Gasteiger partial charge on any atom is -0.494 e. The molecule has 0 aliphatic heterocycles. The van der Waals surface area contributed by atoms with Crippen molar-refractivity contribution in [3.8, 4) is 5.75 Å². The summed E-state index contributed by atoms with van der Waals surface area (Å²) >= 11 is 0. The van der Waals surface area contributed by atoms with E-state index in [9.17, 15) is 18.0 Å². The molecule has 0 fully saturated rings. The maximum atomic E-state index is 10.6. The van der Waals surface area contributed by atoms with Gasteiger partial charge in [0.05, 0.1) is 13.0 Å². The second-order valence-corrected chi connectivity index (χ2v) is 6.89. The van der Waals surface area contributed by atoms with Crippen LogP contribution in [-0.4, -0.2) is 48.0 Å². The minimum absolute atomic E-state index is 0.159. The van der Waals surface area contributed by atoms with Gasteiger partial charge in [0.2, 0.25) is 0 Å². The molecule has 32 heavy (non-hydrogen) atoms. The normalized spacial score (nSPS) is 10.7. The summed E-state index contributed by atoms with van der Waals surface area (Å²) in [6.45, 7) is 2.01. The average Bonchev–Trinajstić information content (AvgIpc) is 2.74. The Balaban J connectivity index is 0.000000633. The number of carboxylic acid groups (broad SMARTS) is 2. The largest absolute Gasteiger partial charge is 0.494 e. The number of alkyl halides is 3. The van der Waals surface area contributed by atoms with E-state index in [1.165, 1.54) is 11.1 Å². The number of rotatable bonds is 12. The van der Waals surface area contributed by atoms with E-state index < -0.39 is 18.1 Å². The molecule has 0 spiro atoms. The highest BCUT2D eigenvalue weighted by molar-refractivity contribution is 5.73. The molecule has 0 aromatic heterocycles. The number of carboxylic acids is 2. The summed E-state index contributed by atoms with van der Waals surface area (Å²) in [4.78, 5) is 19.3. The summed E-state index contributed by atoms with van der Waals surface area (Å²) in [5.41, 5.74) is 2.57. The molecule has 0 saturated heterocycles. The zero-order valence-corrected chi connectivity index (χ0v) is 17.6. The molecule has 0 atom stereocenters. The van der Waals surface area contributed by atoms with Gasteiger partial charge < -0.3 is 20.3 Å². The molecule has 0 unspecified atom stereocenters. The molecular formula is C23H28F3NO5. The van der Waals surface area contributed by atoms with Gasteiger partial charge in [0.25, 0.3) is 0 Å². The van der Waals surface area contributed by atoms with Gasteiger partial charge in [0, 0.05) is 6.54 Å². The summed E-state index contributed by atoms with van der Waals surface area (Å²) in [6, 6.07) is 18.6. The zero-order valence-electron chi connectivity index (χ0n) is 17.6. The van der Waals surface area contributed by atoms with Gasteiger partial charge in [-0.05, 0) is 55.5 Å². The van der Waals surface area contributed by atoms with E-state index in [4.69, 9.17) is 19.7 Å². The molecule has 0 saturated carbocycles. The summed E-state index contributed by atoms with van der Waals surface area (Å²) in [5.74, 6) is -2.62. The maximum Gasteiger partial charge on any atom is 0.490 e. The van der Waals surface area contributed by atoms with Gasteiger partial charge in [-0.25, -0.2) is 4.79 Å². The fourth-order valence-electron chi connectivity index (χ4n) is 2.61. The summed E-state index contributed by atoms with van der Waals surface area (Å²) in [6.07, 6.45) is -0.809. The Labute approximate surface area is 185 Å². The SMILES string of the molecule is O=C(O)C(F)(F)F.O=C(O)CCNCCc1cccc(OCCCCc2ccccc2)c1. The lowest BCUT2D eigenvalue weighted by Crippen LogP contribution is -2.21. The van der Waals surface area contributed by atoms with Crippen molar-refractivity contribution in [1.29, 1.82) is 0 Å². The van der Waals surface area contributed by atoms with Crippen molar-refractivity contribution in [3.63, 3.8) is 0 Å². The minimum atomic E-state index is -5.08. The van der Waals surface area contributed by atoms with Crippen molar-refractivity contribution in [1.82, 2.24) is 5.32 Å². The standard InChI is InChI=1S/C21H27NO3.C2HF3O2/c23-21(24)13-15-22-14-12-19-10-6-11-20(17-19)25-16-5-4-9-18-7-2-1-3-8-18;3-2(4,5)1(6)7/h1-3,6-8,10-11,17,22H,4-5,9,12-16H2,(H,23,24);(H,6,7). The van der Waals surface area contributed by atoms with Gasteiger partial charge in [0.15, 0.2) is 0 Å². The molecule has 6 nitrogen and oxygen atoms in total. The van der Waals surface area contributed by atoms with E-state index in [0.29, 0.717) is 6.54 Å². The molecule has 0 heterocycles. The molecule has 0 aliphatic rings. The van der Waals surface area contributed by atoms with Gasteiger partial charge in [-0.15, -0.1) is 0 Å². The van der Waals surface area contributed by atoms with E-state index in [-0.39, 0.29) is 6.42 Å². The number of ether oxygens (including phenoxy) is 1. The first-order chi connectivity index (χ1) is 15.2. The first kappa shape index (κ1) is 27.0. The molecule has 2 rings (SSSR count). The van der Waals surface area contributed by atoms with Gasteiger partial charge in [0.1, 0.15) is 5.75 Å². The van der Waals surface area contributed by atoms with Crippen LogP contribution in [0.3, 0.4) is 0 Å². The predicted molar refractivity (Wildman–Crippen MR) is 114 cm³/mol. The second kappa shape index (κ2) is 14.9. The topological polar surface area (TPSA) is 95.9 Å². The molecule has 0 aliphatic carbocycles. The van der Waals surface area contributed by atoms with Gasteiger partial charge in [-0.3, -0.25) is 4.79 Å². The Morgan fingerprint density at radius 2 is 1.53 bits per heavy atom. The first-order valence-corrected chi connectivity index (χ1v) is 10.2. The van der Waals surface area contributed by atoms with E-state index in [0.717, 1.165) is 44.6 Å². The van der Waals surface area contributed by atoms with E-state index in [2.05, 4.69) is 41.7 Å². The van der Waals surface area contributed by atoms with Gasteiger partial charge in [-0.1, -0.05) is 42.5 Å². The summed E-state index contributed by atoms with van der Waals surface area (Å²) in [5, 5.41) is 18.9. The van der Waals surface area contributed by atoms with Crippen LogP contribution in [0, 0.1) is 0 Å². The predicted octanol–water partition coefficient (Wildman–Crippen LogP) is 4.33. The van der Waals surface area contributed by atoms with Crippen LogP contribution in [-0.2, 0) is 22.4 Å². The van der Waals surface area contributed by atoms with Crippen molar-refractivity contribution in [2.75, 3.05) is 19.7 Å². The van der Waals surface area contributed by atoms with Crippen LogP contribution >= 0.6 is 0 Å². The van der Waals surface area contributed by atoms with Crippen LogP contribution in [0.1, 0.15) is 30.4 Å². The van der Waals surface area contributed by atoms with Crippen LogP contribution in [0.4, 0.5) is 13.2 Å². The molecule has 3 N–H and O–H groups in total. The number of nitrogens with one attached hydrogen (secondary N) is 1. The number of benzene rings is 2. The zero-order chi connectivity index (χ0) is 23.8. The van der Waals surface area contributed by atoms with Crippen molar-refractivity contribution < 1.29 is 37.7 Å². The number of carbonyl (C=O) groups is 2. The van der Waals surface area contributed by atoms with Crippen LogP contribution in [0.5, 0.6) is 5.75 Å². The molecule has 176 valence electrons. The van der Waals surface area contributed by atoms with Gasteiger partial charge >= 0.3 is 18.1 Å². The third-order valence-electron chi connectivity index (χ3n) is 4.22. The number of hydrogen-bond donors (Lipinski definition) is 3. The van der Waals surface area contributed by atoms with Crippen molar-refractivity contribution in [3.05, 3.63) is 65.7 Å². The monoisotopic (exact) mass is 455 g/mol. The van der Waals surface area contributed by atoms with Crippen molar-refractivity contribution >= 4 is 11.9 Å². The summed E-state index contributed by atoms with van der Waals surface area (Å²) in [7, 11) is 0. The van der Waals surface area contributed by atoms with Crippen molar-refractivity contribution in [2.45, 2.75) is 38.3 Å². The molecule has 0 bridgehead atoms. The summed E-state index contributed by atoms with van der Waals surface area (Å²) < 4.78 is 37.6. The number of unbranched alkanes of at least 4 members (excludes halogenated alkanes) is 1. The lowest BCUT2D eigenvalue weighted by molar-refractivity contribution is -0.192. The van der Waals surface area contributed by atoms with Crippen LogP contribution in [0.15, 0.2) is 54.6 Å². The lowest BCUT2D eigenvalue weighted by atomic mass is 10.1. The molecule has 9 heteroatoms. The number of aliphatic carboxylic acids is 2. The fraction of sp³-hybridized carbons (Fsp3) is 0.391. The quantitative estimate of drug-likeness (QED) is 0.413. The third-order valence-corrected chi connectivity index (χ3v) is 4.22. The molecule has 0 amide bonds. The number of hydrogen-bond acceptors (Lipinski definition) is 4. The Hall–Kier alpha value is -3.07. The number of aryl methyl sites for hydroxylation is 1. The van der Waals surface area contributed by atoms with E-state index in [1.54, 1.807) is 0 Å².